The van der Waals surface area contributed by atoms with Crippen molar-refractivity contribution in [2.75, 3.05) is 7.11 Å². The number of carbonyl (C=O) groups excluding carboxylic acids is 1. The first kappa shape index (κ1) is 18.0. The van der Waals surface area contributed by atoms with Crippen molar-refractivity contribution in [2.24, 2.45) is 0 Å². The van der Waals surface area contributed by atoms with Gasteiger partial charge in [0, 0.05) is 18.2 Å². The monoisotopic (exact) mass is 337 g/mol. The number of rotatable bonds is 7. The van der Waals surface area contributed by atoms with Crippen LogP contribution < -0.4 is 10.1 Å². The second-order valence-corrected chi connectivity index (χ2v) is 5.18. The number of nitrogens with one attached hydrogen (secondary N) is 1. The minimum Gasteiger partial charge on any atom is -0.497 e. The molecule has 0 bridgehead atoms. The fourth-order valence-corrected chi connectivity index (χ4v) is 2.19. The lowest BCUT2D eigenvalue weighted by molar-refractivity contribution is -0.131. The van der Waals surface area contributed by atoms with E-state index < -0.39 is 5.97 Å². The van der Waals surface area contributed by atoms with Gasteiger partial charge < -0.3 is 15.2 Å². The molecular weight excluding hydrogens is 318 g/mol. The van der Waals surface area contributed by atoms with E-state index in [1.165, 1.54) is 12.2 Å². The molecule has 0 aliphatic carbocycles. The van der Waals surface area contributed by atoms with Crippen LogP contribution in [0.3, 0.4) is 0 Å². The Labute approximate surface area is 146 Å². The van der Waals surface area contributed by atoms with Crippen molar-refractivity contribution < 1.29 is 19.4 Å². The molecule has 0 saturated carbocycles. The maximum atomic E-state index is 12.6. The van der Waals surface area contributed by atoms with Crippen LogP contribution in [0.4, 0.5) is 0 Å². The lowest BCUT2D eigenvalue weighted by atomic mass is 10.0. The number of benzene rings is 2. The first-order valence-electron chi connectivity index (χ1n) is 7.68. The lowest BCUT2D eigenvalue weighted by Crippen LogP contribution is -2.23. The van der Waals surface area contributed by atoms with Crippen LogP contribution in [0.15, 0.2) is 72.8 Å². The van der Waals surface area contributed by atoms with Gasteiger partial charge in [-0.3, -0.25) is 4.79 Å². The molecule has 0 spiro atoms. The Balaban J connectivity index is 2.23. The zero-order chi connectivity index (χ0) is 18.1. The van der Waals surface area contributed by atoms with Gasteiger partial charge in [-0.15, -0.1) is 0 Å². The predicted octanol–water partition coefficient (Wildman–Crippen LogP) is 3.04. The molecule has 0 saturated heterocycles. The van der Waals surface area contributed by atoms with E-state index in [0.29, 0.717) is 23.4 Å². The lowest BCUT2D eigenvalue weighted by Gasteiger charge is -2.10. The van der Waals surface area contributed by atoms with Gasteiger partial charge >= 0.3 is 5.97 Å². The van der Waals surface area contributed by atoms with E-state index in [1.54, 1.807) is 31.4 Å². The van der Waals surface area contributed by atoms with E-state index in [-0.39, 0.29) is 5.91 Å². The molecule has 0 aliphatic heterocycles. The molecule has 0 heterocycles. The molecule has 25 heavy (non-hydrogen) atoms. The van der Waals surface area contributed by atoms with Crippen molar-refractivity contribution >= 4 is 17.4 Å². The van der Waals surface area contributed by atoms with Crippen molar-refractivity contribution in [1.82, 2.24) is 5.32 Å². The van der Waals surface area contributed by atoms with E-state index in [0.717, 1.165) is 11.6 Å². The SMILES string of the molecule is COc1cccc(C(=CC=CC(=O)O)C(=O)NCc2ccccc2)c1. The molecule has 0 unspecified atom stereocenters. The normalized spacial score (nSPS) is 11.3. The maximum Gasteiger partial charge on any atom is 0.328 e. The van der Waals surface area contributed by atoms with Crippen molar-refractivity contribution in [3.63, 3.8) is 0 Å². The molecule has 0 aromatic heterocycles. The third-order valence-electron chi connectivity index (χ3n) is 3.42. The highest BCUT2D eigenvalue weighted by molar-refractivity contribution is 6.19. The van der Waals surface area contributed by atoms with Crippen LogP contribution in [-0.2, 0) is 16.1 Å². The van der Waals surface area contributed by atoms with Gasteiger partial charge in [0.25, 0.3) is 5.91 Å². The van der Waals surface area contributed by atoms with E-state index in [1.807, 2.05) is 30.3 Å². The first-order valence-corrected chi connectivity index (χ1v) is 7.68. The number of carboxylic acid groups (broad SMARTS) is 1. The third kappa shape index (κ3) is 5.66. The highest BCUT2D eigenvalue weighted by atomic mass is 16.5. The second kappa shape index (κ2) is 9.08. The van der Waals surface area contributed by atoms with Crippen LogP contribution in [0.5, 0.6) is 5.75 Å². The van der Waals surface area contributed by atoms with E-state index >= 15 is 0 Å². The molecule has 0 fully saturated rings. The van der Waals surface area contributed by atoms with E-state index in [2.05, 4.69) is 5.32 Å². The van der Waals surface area contributed by atoms with E-state index in [4.69, 9.17) is 9.84 Å². The number of methoxy groups -OCH3 is 1. The number of hydrogen-bond acceptors (Lipinski definition) is 3. The zero-order valence-corrected chi connectivity index (χ0v) is 13.8. The molecule has 5 heteroatoms. The second-order valence-electron chi connectivity index (χ2n) is 5.18. The highest BCUT2D eigenvalue weighted by Gasteiger charge is 2.12. The van der Waals surface area contributed by atoms with Crippen LogP contribution in [0, 0.1) is 0 Å². The van der Waals surface area contributed by atoms with Gasteiger partial charge in [0.15, 0.2) is 0 Å². The zero-order valence-electron chi connectivity index (χ0n) is 13.8. The summed E-state index contributed by atoms with van der Waals surface area (Å²) in [6.07, 6.45) is 3.78. The number of hydrogen-bond donors (Lipinski definition) is 2. The molecule has 5 nitrogen and oxygen atoms in total. The van der Waals surface area contributed by atoms with Gasteiger partial charge in [-0.05, 0) is 29.3 Å². The number of carbonyl (C=O) groups is 2. The number of carboxylic acids is 1. The summed E-state index contributed by atoms with van der Waals surface area (Å²) in [4.78, 5) is 23.3. The Kier molecular flexibility index (Phi) is 6.54. The summed E-state index contributed by atoms with van der Waals surface area (Å²) >= 11 is 0. The van der Waals surface area contributed by atoms with Gasteiger partial charge in [0.2, 0.25) is 0 Å². The molecule has 0 atom stereocenters. The minimum absolute atomic E-state index is 0.299. The maximum absolute atomic E-state index is 12.6. The summed E-state index contributed by atoms with van der Waals surface area (Å²) in [5.74, 6) is -0.764. The Morgan fingerprint density at radius 1 is 1.12 bits per heavy atom. The fourth-order valence-electron chi connectivity index (χ4n) is 2.19. The Bertz CT molecular complexity index is 794. The predicted molar refractivity (Wildman–Crippen MR) is 96.0 cm³/mol. The van der Waals surface area contributed by atoms with Crippen LogP contribution in [-0.4, -0.2) is 24.1 Å². The summed E-state index contributed by atoms with van der Waals surface area (Å²) in [7, 11) is 1.54. The number of allylic oxidation sites excluding steroid dienone is 2. The van der Waals surface area contributed by atoms with Crippen LogP contribution >= 0.6 is 0 Å². The smallest absolute Gasteiger partial charge is 0.328 e. The fraction of sp³-hybridized carbons (Fsp3) is 0.100. The average Bonchev–Trinajstić information content (AvgIpc) is 2.64. The highest BCUT2D eigenvalue weighted by Crippen LogP contribution is 2.20. The average molecular weight is 337 g/mol. The van der Waals surface area contributed by atoms with Crippen molar-refractivity contribution in [3.05, 3.63) is 84.0 Å². The van der Waals surface area contributed by atoms with E-state index in [9.17, 15) is 9.59 Å². The Hall–Kier alpha value is -3.34. The summed E-state index contributed by atoms with van der Waals surface area (Å²) in [6.45, 7) is 0.379. The summed E-state index contributed by atoms with van der Waals surface area (Å²) in [5.41, 5.74) is 1.97. The van der Waals surface area contributed by atoms with Crippen molar-refractivity contribution in [2.45, 2.75) is 6.54 Å². The Morgan fingerprint density at radius 3 is 2.56 bits per heavy atom. The van der Waals surface area contributed by atoms with Gasteiger partial charge in [-0.1, -0.05) is 48.5 Å². The summed E-state index contributed by atoms with van der Waals surface area (Å²) in [5, 5.41) is 11.6. The molecule has 1 amide bonds. The third-order valence-corrected chi connectivity index (χ3v) is 3.42. The summed E-state index contributed by atoms with van der Waals surface area (Å²) in [6, 6.07) is 16.6. The standard InChI is InChI=1S/C20H19NO4/c1-25-17-10-5-9-16(13-17)18(11-6-12-19(22)23)20(24)21-14-15-7-3-2-4-8-15/h2-13H,14H2,1H3,(H,21,24)(H,22,23). The van der Waals surface area contributed by atoms with Gasteiger partial charge in [-0.25, -0.2) is 4.79 Å². The topological polar surface area (TPSA) is 75.6 Å². The molecule has 2 aromatic carbocycles. The number of aliphatic carboxylic acids is 1. The largest absolute Gasteiger partial charge is 0.497 e. The molecule has 2 N–H and O–H groups in total. The summed E-state index contributed by atoms with van der Waals surface area (Å²) < 4.78 is 5.19. The molecule has 2 rings (SSSR count). The molecular formula is C20H19NO4. The van der Waals surface area contributed by atoms with Crippen LogP contribution in [0.25, 0.3) is 5.57 Å². The minimum atomic E-state index is -1.08. The van der Waals surface area contributed by atoms with Crippen molar-refractivity contribution in [3.8, 4) is 5.75 Å². The molecule has 0 aliphatic rings. The van der Waals surface area contributed by atoms with Gasteiger partial charge in [0.1, 0.15) is 5.75 Å². The van der Waals surface area contributed by atoms with Gasteiger partial charge in [-0.2, -0.15) is 0 Å². The molecule has 2 aromatic rings. The van der Waals surface area contributed by atoms with Crippen molar-refractivity contribution in [1.29, 1.82) is 0 Å². The number of amides is 1. The molecule has 128 valence electrons. The quantitative estimate of drug-likeness (QED) is 0.601. The number of ether oxygens (including phenoxy) is 1. The first-order chi connectivity index (χ1) is 12.1. The Morgan fingerprint density at radius 2 is 1.88 bits per heavy atom. The van der Waals surface area contributed by atoms with Crippen LogP contribution in [0.2, 0.25) is 0 Å². The van der Waals surface area contributed by atoms with Gasteiger partial charge in [0.05, 0.1) is 7.11 Å². The molecule has 0 radical (unpaired) electrons. The van der Waals surface area contributed by atoms with Crippen LogP contribution in [0.1, 0.15) is 11.1 Å².